The van der Waals surface area contributed by atoms with Crippen molar-refractivity contribution in [3.8, 4) is 0 Å². The third-order valence-corrected chi connectivity index (χ3v) is 7.56. The standard InChI is InChI=1S/C18H27ClO2S/c1-3-12-18(19,17(20)13-6-4-5-7-14-17)22(21)16-10-8-15(2)9-11-16/h8-11,20H,3-7,12-14H2,1-2H3. The molecular formula is C18H27ClO2S. The second-order valence-corrected chi connectivity index (χ2v) is 9.08. The molecule has 0 bridgehead atoms. The number of alkyl halides is 1. The van der Waals surface area contributed by atoms with E-state index in [2.05, 4.69) is 0 Å². The van der Waals surface area contributed by atoms with E-state index in [9.17, 15) is 9.32 Å². The van der Waals surface area contributed by atoms with Gasteiger partial charge < -0.3 is 5.11 Å². The monoisotopic (exact) mass is 342 g/mol. The van der Waals surface area contributed by atoms with Gasteiger partial charge in [-0.3, -0.25) is 4.21 Å². The van der Waals surface area contributed by atoms with E-state index in [1.165, 1.54) is 0 Å². The van der Waals surface area contributed by atoms with Crippen LogP contribution in [0.15, 0.2) is 29.2 Å². The van der Waals surface area contributed by atoms with Gasteiger partial charge >= 0.3 is 0 Å². The summed E-state index contributed by atoms with van der Waals surface area (Å²) in [6.07, 6.45) is 6.83. The van der Waals surface area contributed by atoms with E-state index in [1.807, 2.05) is 38.1 Å². The van der Waals surface area contributed by atoms with Gasteiger partial charge in [-0.15, -0.1) is 11.6 Å². The van der Waals surface area contributed by atoms with Crippen LogP contribution in [0.5, 0.6) is 0 Å². The van der Waals surface area contributed by atoms with E-state index in [4.69, 9.17) is 11.6 Å². The molecule has 1 aromatic carbocycles. The van der Waals surface area contributed by atoms with Crippen LogP contribution in [0.25, 0.3) is 0 Å². The fourth-order valence-corrected chi connectivity index (χ4v) is 5.70. The summed E-state index contributed by atoms with van der Waals surface area (Å²) < 4.78 is 12.1. The Morgan fingerprint density at radius 1 is 1.18 bits per heavy atom. The number of rotatable bonds is 5. The highest BCUT2D eigenvalue weighted by molar-refractivity contribution is 7.88. The normalized spacial score (nSPS) is 22.5. The summed E-state index contributed by atoms with van der Waals surface area (Å²) in [4.78, 5) is 0.715. The molecule has 0 spiro atoms. The topological polar surface area (TPSA) is 37.3 Å². The lowest BCUT2D eigenvalue weighted by molar-refractivity contribution is 0.00655. The molecule has 1 saturated carbocycles. The second kappa shape index (κ2) is 7.46. The highest BCUT2D eigenvalue weighted by atomic mass is 35.5. The van der Waals surface area contributed by atoms with Gasteiger partial charge in [0.25, 0.3) is 0 Å². The van der Waals surface area contributed by atoms with E-state index < -0.39 is 20.6 Å². The molecule has 1 aromatic rings. The van der Waals surface area contributed by atoms with Crippen LogP contribution >= 0.6 is 11.6 Å². The Morgan fingerprint density at radius 2 is 1.73 bits per heavy atom. The zero-order valence-corrected chi connectivity index (χ0v) is 15.2. The molecule has 2 nitrogen and oxygen atoms in total. The summed E-state index contributed by atoms with van der Waals surface area (Å²) in [6.45, 7) is 4.04. The van der Waals surface area contributed by atoms with Gasteiger partial charge in [-0.05, 0) is 38.3 Å². The van der Waals surface area contributed by atoms with Crippen molar-refractivity contribution in [2.24, 2.45) is 0 Å². The van der Waals surface area contributed by atoms with Gasteiger partial charge in [-0.2, -0.15) is 0 Å². The maximum absolute atomic E-state index is 13.2. The fourth-order valence-electron chi connectivity index (χ4n) is 3.35. The van der Waals surface area contributed by atoms with Crippen LogP contribution in [0.2, 0.25) is 0 Å². The Balaban J connectivity index is 2.37. The summed E-state index contributed by atoms with van der Waals surface area (Å²) in [7, 11) is -1.42. The first-order valence-corrected chi connectivity index (χ1v) is 9.85. The molecule has 1 N–H and O–H groups in total. The highest BCUT2D eigenvalue weighted by Crippen LogP contribution is 2.46. The van der Waals surface area contributed by atoms with Gasteiger partial charge in [0, 0.05) is 4.90 Å². The predicted octanol–water partition coefficient (Wildman–Crippen LogP) is 4.92. The maximum atomic E-state index is 13.2. The van der Waals surface area contributed by atoms with E-state index in [1.54, 1.807) is 0 Å². The van der Waals surface area contributed by atoms with E-state index in [-0.39, 0.29) is 0 Å². The Morgan fingerprint density at radius 3 is 2.23 bits per heavy atom. The average Bonchev–Trinajstić information content (AvgIpc) is 2.73. The predicted molar refractivity (Wildman–Crippen MR) is 93.7 cm³/mol. The third kappa shape index (κ3) is 3.58. The molecule has 2 unspecified atom stereocenters. The van der Waals surface area contributed by atoms with Crippen LogP contribution in [-0.2, 0) is 10.8 Å². The minimum atomic E-state index is -1.42. The molecule has 2 atom stereocenters. The fraction of sp³-hybridized carbons (Fsp3) is 0.667. The minimum Gasteiger partial charge on any atom is -0.387 e. The number of hydrogen-bond acceptors (Lipinski definition) is 2. The van der Waals surface area contributed by atoms with Crippen LogP contribution in [0.1, 0.15) is 63.9 Å². The highest BCUT2D eigenvalue weighted by Gasteiger charge is 2.53. The first-order valence-electron chi connectivity index (χ1n) is 8.33. The summed E-state index contributed by atoms with van der Waals surface area (Å²) in [5.41, 5.74) is 0.0844. The largest absolute Gasteiger partial charge is 0.387 e. The Labute approximate surface area is 141 Å². The summed E-state index contributed by atoms with van der Waals surface area (Å²) in [5, 5.41) is 11.3. The number of hydrogen-bond donors (Lipinski definition) is 1. The average molecular weight is 343 g/mol. The molecule has 1 aliphatic rings. The van der Waals surface area contributed by atoms with Crippen LogP contribution in [-0.4, -0.2) is 19.1 Å². The van der Waals surface area contributed by atoms with E-state index >= 15 is 0 Å². The third-order valence-electron chi connectivity index (χ3n) is 4.73. The SMILES string of the molecule is CCCC(Cl)(S(=O)c1ccc(C)cc1)C1(O)CCCCCC1. The Bertz CT molecular complexity index is 506. The minimum absolute atomic E-state index is 0.561. The van der Waals surface area contributed by atoms with Gasteiger partial charge in [-0.25, -0.2) is 0 Å². The summed E-state index contributed by atoms with van der Waals surface area (Å²) in [5.74, 6) is 0. The van der Waals surface area contributed by atoms with Crippen molar-refractivity contribution in [3.63, 3.8) is 0 Å². The molecule has 22 heavy (non-hydrogen) atoms. The molecule has 1 fully saturated rings. The molecule has 0 aliphatic heterocycles. The molecule has 0 amide bonds. The number of aliphatic hydroxyl groups is 1. The van der Waals surface area contributed by atoms with Gasteiger partial charge in [0.15, 0.2) is 4.21 Å². The van der Waals surface area contributed by atoms with Crippen molar-refractivity contribution in [1.29, 1.82) is 0 Å². The zero-order chi connectivity index (χ0) is 16.2. The van der Waals surface area contributed by atoms with Crippen LogP contribution < -0.4 is 0 Å². The zero-order valence-electron chi connectivity index (χ0n) is 13.6. The number of halogens is 1. The quantitative estimate of drug-likeness (QED) is 0.609. The lowest BCUT2D eigenvalue weighted by atomic mass is 9.88. The van der Waals surface area contributed by atoms with Crippen LogP contribution in [0.4, 0.5) is 0 Å². The van der Waals surface area contributed by atoms with Crippen molar-refractivity contribution < 1.29 is 9.32 Å². The van der Waals surface area contributed by atoms with Gasteiger partial charge in [0.2, 0.25) is 0 Å². The lowest BCUT2D eigenvalue weighted by Crippen LogP contribution is -2.52. The second-order valence-electron chi connectivity index (χ2n) is 6.51. The molecule has 2 rings (SSSR count). The lowest BCUT2D eigenvalue weighted by Gasteiger charge is -2.42. The molecule has 0 heterocycles. The first kappa shape index (κ1) is 18.0. The molecular weight excluding hydrogens is 316 g/mol. The van der Waals surface area contributed by atoms with Gasteiger partial charge in [0.05, 0.1) is 16.4 Å². The number of benzene rings is 1. The molecule has 124 valence electrons. The van der Waals surface area contributed by atoms with Crippen LogP contribution in [0.3, 0.4) is 0 Å². The van der Waals surface area contributed by atoms with Crippen molar-refractivity contribution in [3.05, 3.63) is 29.8 Å². The Kier molecular flexibility index (Phi) is 6.09. The van der Waals surface area contributed by atoms with Gasteiger partial charge in [-0.1, -0.05) is 56.7 Å². The smallest absolute Gasteiger partial charge is 0.152 e. The molecule has 0 saturated heterocycles. The van der Waals surface area contributed by atoms with Gasteiger partial charge in [0.1, 0.15) is 0 Å². The van der Waals surface area contributed by atoms with Crippen molar-refractivity contribution in [2.75, 3.05) is 0 Å². The van der Waals surface area contributed by atoms with E-state index in [0.717, 1.165) is 37.7 Å². The molecule has 0 radical (unpaired) electrons. The van der Waals surface area contributed by atoms with Crippen molar-refractivity contribution in [2.45, 2.75) is 79.9 Å². The van der Waals surface area contributed by atoms with E-state index in [0.29, 0.717) is 24.2 Å². The maximum Gasteiger partial charge on any atom is 0.152 e. The summed E-state index contributed by atoms with van der Waals surface area (Å²) in [6, 6.07) is 7.65. The molecule has 0 aromatic heterocycles. The number of aryl methyl sites for hydroxylation is 1. The van der Waals surface area contributed by atoms with Crippen molar-refractivity contribution in [1.82, 2.24) is 0 Å². The molecule has 4 heteroatoms. The Hall–Kier alpha value is -0.380. The van der Waals surface area contributed by atoms with Crippen molar-refractivity contribution >= 4 is 22.4 Å². The first-order chi connectivity index (χ1) is 10.4. The molecule has 1 aliphatic carbocycles. The van der Waals surface area contributed by atoms with Crippen LogP contribution in [0, 0.1) is 6.92 Å². The summed E-state index contributed by atoms with van der Waals surface area (Å²) >= 11 is 6.91.